The van der Waals surface area contributed by atoms with Gasteiger partial charge in [-0.2, -0.15) is 0 Å². The molecule has 1 amide bonds. The summed E-state index contributed by atoms with van der Waals surface area (Å²) in [7, 11) is -4.32. The van der Waals surface area contributed by atoms with Gasteiger partial charge >= 0.3 is 7.60 Å². The molecule has 0 aliphatic carbocycles. The molecule has 134 valence electrons. The zero-order valence-electron chi connectivity index (χ0n) is 13.9. The van der Waals surface area contributed by atoms with Crippen molar-refractivity contribution in [2.45, 2.75) is 26.6 Å². The zero-order chi connectivity index (χ0) is 18.6. The van der Waals surface area contributed by atoms with Gasteiger partial charge in [0.25, 0.3) is 0 Å². The van der Waals surface area contributed by atoms with E-state index >= 15 is 0 Å². The molecule has 0 atom stereocenters. The van der Waals surface area contributed by atoms with Crippen LogP contribution < -0.4 is 20.5 Å². The molecule has 0 spiro atoms. The Hall–Kier alpha value is -2.34. The topological polar surface area (TPSA) is 119 Å². The predicted octanol–water partition coefficient (Wildman–Crippen LogP) is 1.95. The Labute approximate surface area is 145 Å². The van der Waals surface area contributed by atoms with Crippen LogP contribution in [-0.4, -0.2) is 21.8 Å². The van der Waals surface area contributed by atoms with E-state index in [4.69, 9.17) is 15.2 Å². The monoisotopic (exact) mass is 365 g/mol. The van der Waals surface area contributed by atoms with Gasteiger partial charge in [-0.3, -0.25) is 9.36 Å². The van der Waals surface area contributed by atoms with Crippen LogP contribution in [0.5, 0.6) is 11.5 Å². The van der Waals surface area contributed by atoms with Crippen LogP contribution in [0.15, 0.2) is 42.5 Å². The molecule has 4 N–H and O–H groups in total. The van der Waals surface area contributed by atoms with Crippen LogP contribution in [0.2, 0.25) is 0 Å². The Morgan fingerprint density at radius 2 is 1.84 bits per heavy atom. The molecular weight excluding hydrogens is 345 g/mol. The number of nitrogens with two attached hydrogens (primary N) is 1. The average Bonchev–Trinajstić information content (AvgIpc) is 2.51. The molecule has 0 radical (unpaired) electrons. The molecule has 0 heterocycles. The molecular formula is C17H20NO6P. The molecule has 0 saturated heterocycles. The summed E-state index contributed by atoms with van der Waals surface area (Å²) < 4.78 is 22.5. The maximum Gasteiger partial charge on any atom is 0.356 e. The van der Waals surface area contributed by atoms with Crippen LogP contribution >= 0.6 is 7.60 Å². The van der Waals surface area contributed by atoms with Crippen molar-refractivity contribution >= 4 is 18.8 Å². The van der Waals surface area contributed by atoms with E-state index in [1.165, 1.54) is 24.3 Å². The maximum atomic E-state index is 11.4. The number of ether oxygens (including phenoxy) is 2. The smallest absolute Gasteiger partial charge is 0.356 e. The highest BCUT2D eigenvalue weighted by molar-refractivity contribution is 7.60. The van der Waals surface area contributed by atoms with Gasteiger partial charge in [-0.25, -0.2) is 0 Å². The first-order valence-corrected chi connectivity index (χ1v) is 9.16. The SMILES string of the molecule is CC(C)Oc1cc(OCc2cccc(P(=O)(O)O)c2)cc(C(N)=O)c1. The Balaban J connectivity index is 2.21. The van der Waals surface area contributed by atoms with Crippen molar-refractivity contribution in [3.05, 3.63) is 53.6 Å². The quantitative estimate of drug-likeness (QED) is 0.645. The van der Waals surface area contributed by atoms with E-state index in [0.717, 1.165) is 0 Å². The van der Waals surface area contributed by atoms with Crippen LogP contribution in [0.4, 0.5) is 0 Å². The molecule has 25 heavy (non-hydrogen) atoms. The summed E-state index contributed by atoms with van der Waals surface area (Å²) in [6.07, 6.45) is -0.0871. The number of benzene rings is 2. The van der Waals surface area contributed by atoms with Crippen LogP contribution in [-0.2, 0) is 11.2 Å². The van der Waals surface area contributed by atoms with Gasteiger partial charge in [0.05, 0.1) is 11.4 Å². The van der Waals surface area contributed by atoms with Crippen molar-refractivity contribution in [3.8, 4) is 11.5 Å². The molecule has 8 heteroatoms. The van der Waals surface area contributed by atoms with E-state index in [0.29, 0.717) is 17.1 Å². The molecule has 2 rings (SSSR count). The third kappa shape index (κ3) is 5.60. The first kappa shape index (κ1) is 19.0. The summed E-state index contributed by atoms with van der Waals surface area (Å²) in [4.78, 5) is 29.9. The maximum absolute atomic E-state index is 11.4. The second-order valence-electron chi connectivity index (χ2n) is 5.73. The normalized spacial score (nSPS) is 11.4. The van der Waals surface area contributed by atoms with Gasteiger partial charge in [0.15, 0.2) is 0 Å². The third-order valence-electron chi connectivity index (χ3n) is 3.19. The van der Waals surface area contributed by atoms with Crippen molar-refractivity contribution < 1.29 is 28.6 Å². The number of carbonyl (C=O) groups is 1. The van der Waals surface area contributed by atoms with E-state index < -0.39 is 13.5 Å². The molecule has 2 aromatic rings. The standard InChI is InChI=1S/C17H20NO6P/c1-11(2)24-15-8-13(17(18)19)7-14(9-15)23-10-12-4-3-5-16(6-12)25(20,21)22/h3-9,11H,10H2,1-2H3,(H2,18,19)(H2,20,21,22). The Bertz CT molecular complexity index is 815. The van der Waals surface area contributed by atoms with E-state index in [2.05, 4.69) is 0 Å². The Morgan fingerprint density at radius 3 is 2.44 bits per heavy atom. The fourth-order valence-corrected chi connectivity index (χ4v) is 2.75. The van der Waals surface area contributed by atoms with Crippen LogP contribution in [0.3, 0.4) is 0 Å². The summed E-state index contributed by atoms with van der Waals surface area (Å²) in [5.74, 6) is 0.210. The molecule has 0 saturated carbocycles. The lowest BCUT2D eigenvalue weighted by Gasteiger charge is -2.14. The third-order valence-corrected chi connectivity index (χ3v) is 4.14. The fraction of sp³-hybridized carbons (Fsp3) is 0.235. The summed E-state index contributed by atoms with van der Waals surface area (Å²) in [6, 6.07) is 10.6. The van der Waals surface area contributed by atoms with Gasteiger partial charge < -0.3 is 25.0 Å². The lowest BCUT2D eigenvalue weighted by molar-refractivity contribution is 0.0999. The van der Waals surface area contributed by atoms with Crippen molar-refractivity contribution in [1.82, 2.24) is 0 Å². The van der Waals surface area contributed by atoms with Gasteiger partial charge in [-0.05, 0) is 43.7 Å². The molecule has 0 unspecified atom stereocenters. The molecule has 0 bridgehead atoms. The van der Waals surface area contributed by atoms with Crippen molar-refractivity contribution in [1.29, 1.82) is 0 Å². The highest BCUT2D eigenvalue weighted by Gasteiger charge is 2.17. The summed E-state index contributed by atoms with van der Waals surface area (Å²) >= 11 is 0. The first-order chi connectivity index (χ1) is 11.6. The van der Waals surface area contributed by atoms with Crippen molar-refractivity contribution in [2.24, 2.45) is 5.73 Å². The van der Waals surface area contributed by atoms with Gasteiger partial charge in [0, 0.05) is 11.6 Å². The van der Waals surface area contributed by atoms with E-state index in [1.54, 1.807) is 18.2 Å². The van der Waals surface area contributed by atoms with E-state index in [9.17, 15) is 19.1 Å². The molecule has 0 aliphatic heterocycles. The first-order valence-electron chi connectivity index (χ1n) is 7.54. The van der Waals surface area contributed by atoms with E-state index in [1.807, 2.05) is 13.8 Å². The molecule has 7 nitrogen and oxygen atoms in total. The zero-order valence-corrected chi connectivity index (χ0v) is 14.8. The van der Waals surface area contributed by atoms with Crippen LogP contribution in [0.1, 0.15) is 29.8 Å². The minimum atomic E-state index is -4.32. The highest BCUT2D eigenvalue weighted by Crippen LogP contribution is 2.33. The van der Waals surface area contributed by atoms with Crippen LogP contribution in [0, 0.1) is 0 Å². The number of amides is 1. The lowest BCUT2D eigenvalue weighted by atomic mass is 10.2. The van der Waals surface area contributed by atoms with Crippen molar-refractivity contribution in [3.63, 3.8) is 0 Å². The summed E-state index contributed by atoms with van der Waals surface area (Å²) in [6.45, 7) is 3.77. The van der Waals surface area contributed by atoms with Gasteiger partial charge in [-0.1, -0.05) is 12.1 Å². The molecule has 0 fully saturated rings. The van der Waals surface area contributed by atoms with Gasteiger partial charge in [-0.15, -0.1) is 0 Å². The summed E-state index contributed by atoms with van der Waals surface area (Å²) in [5, 5.41) is -0.0803. The van der Waals surface area contributed by atoms with Crippen molar-refractivity contribution in [2.75, 3.05) is 0 Å². The average molecular weight is 365 g/mol. The van der Waals surface area contributed by atoms with Gasteiger partial charge in [0.1, 0.15) is 18.1 Å². The largest absolute Gasteiger partial charge is 0.491 e. The Morgan fingerprint density at radius 1 is 1.16 bits per heavy atom. The Kier molecular flexibility index (Phi) is 5.85. The molecule has 0 aromatic heterocycles. The summed E-state index contributed by atoms with van der Waals surface area (Å²) in [5.41, 5.74) is 6.15. The predicted molar refractivity (Wildman–Crippen MR) is 93.2 cm³/mol. The minimum Gasteiger partial charge on any atom is -0.491 e. The number of rotatable bonds is 7. The second kappa shape index (κ2) is 7.70. The number of hydrogen-bond donors (Lipinski definition) is 3. The second-order valence-corrected chi connectivity index (χ2v) is 7.33. The highest BCUT2D eigenvalue weighted by atomic mass is 31.2. The number of primary amides is 1. The molecule has 2 aromatic carbocycles. The fourth-order valence-electron chi connectivity index (χ4n) is 2.13. The number of hydrogen-bond acceptors (Lipinski definition) is 4. The van der Waals surface area contributed by atoms with Gasteiger partial charge in [0.2, 0.25) is 5.91 Å². The lowest BCUT2D eigenvalue weighted by Crippen LogP contribution is -2.13. The molecule has 0 aliphatic rings. The minimum absolute atomic E-state index is 0.0666. The van der Waals surface area contributed by atoms with Crippen LogP contribution in [0.25, 0.3) is 0 Å². The van der Waals surface area contributed by atoms with E-state index in [-0.39, 0.29) is 23.6 Å². The number of carbonyl (C=O) groups excluding carboxylic acids is 1.